The van der Waals surface area contributed by atoms with Gasteiger partial charge >= 0.3 is 0 Å². The summed E-state index contributed by atoms with van der Waals surface area (Å²) in [6.07, 6.45) is 2.42. The first-order valence-electron chi connectivity index (χ1n) is 8.53. The number of carbonyl (C=O) groups excluding carboxylic acids is 1. The Balaban J connectivity index is 1.66. The smallest absolute Gasteiger partial charge is 0.202 e. The number of nitrogens with zero attached hydrogens (tertiary/aromatic N) is 2. The van der Waals surface area contributed by atoms with Crippen molar-refractivity contribution in [2.24, 2.45) is 0 Å². The van der Waals surface area contributed by atoms with E-state index in [1.54, 1.807) is 24.3 Å². The van der Waals surface area contributed by atoms with E-state index in [2.05, 4.69) is 10.6 Å². The molecule has 0 amide bonds. The van der Waals surface area contributed by atoms with Crippen molar-refractivity contribution in [1.29, 1.82) is 5.26 Å². The Kier molecular flexibility index (Phi) is 5.20. The summed E-state index contributed by atoms with van der Waals surface area (Å²) in [7, 11) is 0. The van der Waals surface area contributed by atoms with Crippen molar-refractivity contribution in [3.8, 4) is 11.8 Å². The minimum atomic E-state index is -0.0453. The van der Waals surface area contributed by atoms with Crippen LogP contribution in [0, 0.1) is 25.2 Å². The third kappa shape index (κ3) is 3.92. The van der Waals surface area contributed by atoms with Crippen molar-refractivity contribution in [3.05, 3.63) is 52.8 Å². The molecule has 0 bridgehead atoms. The third-order valence-electron chi connectivity index (χ3n) is 4.64. The third-order valence-corrected chi connectivity index (χ3v) is 4.64. The minimum Gasteiger partial charge on any atom is -0.485 e. The standard InChI is InChI=1S/C20H22N2O3/c1-14-10-19(15(2)22(14)12-18-4-3-9-24-18)20(23)13-25-17-7-5-16(11-21)6-8-17/h5-8,10,18H,3-4,9,12-13H2,1-2H3/t18-/m1/s1. The first-order chi connectivity index (χ1) is 12.1. The molecule has 0 saturated carbocycles. The molecule has 0 unspecified atom stereocenters. The van der Waals surface area contributed by atoms with Crippen molar-refractivity contribution in [2.75, 3.05) is 13.2 Å². The minimum absolute atomic E-state index is 0.0177. The molecule has 1 fully saturated rings. The highest BCUT2D eigenvalue weighted by Crippen LogP contribution is 2.21. The van der Waals surface area contributed by atoms with Gasteiger partial charge in [0.2, 0.25) is 5.78 Å². The number of ether oxygens (including phenoxy) is 2. The number of hydrogen-bond acceptors (Lipinski definition) is 4. The van der Waals surface area contributed by atoms with Crippen LogP contribution in [0.1, 0.15) is 40.2 Å². The van der Waals surface area contributed by atoms with Gasteiger partial charge in [-0.3, -0.25) is 4.79 Å². The predicted octanol–water partition coefficient (Wildman–Crippen LogP) is 3.42. The fourth-order valence-corrected chi connectivity index (χ4v) is 3.21. The summed E-state index contributed by atoms with van der Waals surface area (Å²) in [5, 5.41) is 8.80. The summed E-state index contributed by atoms with van der Waals surface area (Å²) in [5.74, 6) is 0.538. The van der Waals surface area contributed by atoms with Gasteiger partial charge in [0.15, 0.2) is 6.61 Å². The Morgan fingerprint density at radius 2 is 2.12 bits per heavy atom. The van der Waals surface area contributed by atoms with Crippen LogP contribution in [-0.4, -0.2) is 29.7 Å². The maximum Gasteiger partial charge on any atom is 0.202 e. The number of carbonyl (C=O) groups is 1. The number of nitriles is 1. The van der Waals surface area contributed by atoms with E-state index in [-0.39, 0.29) is 18.5 Å². The number of Topliss-reactive ketones (excluding diaryl/α,β-unsaturated/α-hetero) is 1. The second-order valence-electron chi connectivity index (χ2n) is 6.38. The lowest BCUT2D eigenvalue weighted by Gasteiger charge is -2.14. The van der Waals surface area contributed by atoms with Crippen LogP contribution in [-0.2, 0) is 11.3 Å². The summed E-state index contributed by atoms with van der Waals surface area (Å²) in [4.78, 5) is 12.5. The van der Waals surface area contributed by atoms with Gasteiger partial charge < -0.3 is 14.0 Å². The Hall–Kier alpha value is -2.58. The van der Waals surface area contributed by atoms with E-state index in [0.29, 0.717) is 16.9 Å². The van der Waals surface area contributed by atoms with Gasteiger partial charge in [-0.15, -0.1) is 0 Å². The van der Waals surface area contributed by atoms with Gasteiger partial charge in [-0.2, -0.15) is 5.26 Å². The second kappa shape index (κ2) is 7.54. The van der Waals surface area contributed by atoms with Crippen LogP contribution in [0.2, 0.25) is 0 Å². The zero-order valence-electron chi connectivity index (χ0n) is 14.6. The molecule has 2 aromatic rings. The molecule has 5 nitrogen and oxygen atoms in total. The van der Waals surface area contributed by atoms with Crippen molar-refractivity contribution in [1.82, 2.24) is 4.57 Å². The van der Waals surface area contributed by atoms with E-state index >= 15 is 0 Å². The Morgan fingerprint density at radius 1 is 1.36 bits per heavy atom. The van der Waals surface area contributed by atoms with Gasteiger partial charge in [-0.25, -0.2) is 0 Å². The molecular formula is C20H22N2O3. The van der Waals surface area contributed by atoms with E-state index in [9.17, 15) is 4.79 Å². The first kappa shape index (κ1) is 17.2. The van der Waals surface area contributed by atoms with Gasteiger partial charge in [0.25, 0.3) is 0 Å². The summed E-state index contributed by atoms with van der Waals surface area (Å²) < 4.78 is 13.4. The number of benzene rings is 1. The average Bonchev–Trinajstić information content (AvgIpc) is 3.24. The fourth-order valence-electron chi connectivity index (χ4n) is 3.21. The average molecular weight is 338 g/mol. The Bertz CT molecular complexity index is 794. The molecular weight excluding hydrogens is 316 g/mol. The van der Waals surface area contributed by atoms with Crippen LogP contribution in [0.4, 0.5) is 0 Å². The molecule has 1 atom stereocenters. The lowest BCUT2D eigenvalue weighted by molar-refractivity contribution is 0.0914. The van der Waals surface area contributed by atoms with E-state index in [1.807, 2.05) is 19.9 Å². The largest absolute Gasteiger partial charge is 0.485 e. The Morgan fingerprint density at radius 3 is 2.76 bits per heavy atom. The van der Waals surface area contributed by atoms with E-state index in [0.717, 1.165) is 37.4 Å². The molecule has 0 N–H and O–H groups in total. The number of ketones is 1. The molecule has 25 heavy (non-hydrogen) atoms. The highest BCUT2D eigenvalue weighted by Gasteiger charge is 2.21. The van der Waals surface area contributed by atoms with Gasteiger partial charge in [-0.1, -0.05) is 0 Å². The number of rotatable bonds is 6. The van der Waals surface area contributed by atoms with Crippen LogP contribution < -0.4 is 4.74 Å². The summed E-state index contributed by atoms with van der Waals surface area (Å²) >= 11 is 0. The second-order valence-corrected chi connectivity index (χ2v) is 6.38. The quantitative estimate of drug-likeness (QED) is 0.757. The summed E-state index contributed by atoms with van der Waals surface area (Å²) in [6.45, 7) is 5.59. The molecule has 3 rings (SSSR count). The van der Waals surface area contributed by atoms with Crippen molar-refractivity contribution >= 4 is 5.78 Å². The molecule has 130 valence electrons. The molecule has 1 aliphatic heterocycles. The fraction of sp³-hybridized carbons (Fsp3) is 0.400. The van der Waals surface area contributed by atoms with Crippen LogP contribution >= 0.6 is 0 Å². The van der Waals surface area contributed by atoms with Gasteiger partial charge in [0.1, 0.15) is 5.75 Å². The van der Waals surface area contributed by atoms with Crippen LogP contribution in [0.3, 0.4) is 0 Å². The topological polar surface area (TPSA) is 64.2 Å². The molecule has 1 aliphatic rings. The number of hydrogen-bond donors (Lipinski definition) is 0. The van der Waals surface area contributed by atoms with E-state index < -0.39 is 0 Å². The molecule has 5 heteroatoms. The zero-order valence-corrected chi connectivity index (χ0v) is 14.6. The maximum absolute atomic E-state index is 12.5. The van der Waals surface area contributed by atoms with Crippen molar-refractivity contribution < 1.29 is 14.3 Å². The molecule has 1 aromatic carbocycles. The lowest BCUT2D eigenvalue weighted by atomic mass is 10.1. The summed E-state index contributed by atoms with van der Waals surface area (Å²) in [6, 6.07) is 10.7. The maximum atomic E-state index is 12.5. The number of aromatic nitrogens is 1. The zero-order chi connectivity index (χ0) is 17.8. The highest BCUT2D eigenvalue weighted by atomic mass is 16.5. The van der Waals surface area contributed by atoms with Gasteiger partial charge in [0.05, 0.1) is 17.7 Å². The van der Waals surface area contributed by atoms with E-state index in [4.69, 9.17) is 14.7 Å². The summed E-state index contributed by atoms with van der Waals surface area (Å²) in [5.41, 5.74) is 3.29. The predicted molar refractivity (Wildman–Crippen MR) is 93.9 cm³/mol. The van der Waals surface area contributed by atoms with Crippen LogP contribution in [0.5, 0.6) is 5.75 Å². The molecule has 2 heterocycles. The lowest BCUT2D eigenvalue weighted by Crippen LogP contribution is -2.18. The van der Waals surface area contributed by atoms with Crippen LogP contribution in [0.25, 0.3) is 0 Å². The number of aryl methyl sites for hydroxylation is 1. The normalized spacial score (nSPS) is 16.6. The molecule has 0 radical (unpaired) electrons. The Labute approximate surface area is 147 Å². The molecule has 0 spiro atoms. The SMILES string of the molecule is Cc1cc(C(=O)COc2ccc(C#N)cc2)c(C)n1C[C@H]1CCCO1. The van der Waals surface area contributed by atoms with Crippen molar-refractivity contribution in [2.45, 2.75) is 39.3 Å². The molecule has 1 aromatic heterocycles. The first-order valence-corrected chi connectivity index (χ1v) is 8.53. The highest BCUT2D eigenvalue weighted by molar-refractivity contribution is 5.98. The monoisotopic (exact) mass is 338 g/mol. The van der Waals surface area contributed by atoms with Gasteiger partial charge in [0, 0.05) is 30.1 Å². The van der Waals surface area contributed by atoms with E-state index in [1.165, 1.54) is 0 Å². The molecule has 0 aliphatic carbocycles. The van der Waals surface area contributed by atoms with Crippen LogP contribution in [0.15, 0.2) is 30.3 Å². The van der Waals surface area contributed by atoms with Crippen molar-refractivity contribution in [3.63, 3.8) is 0 Å². The van der Waals surface area contributed by atoms with Gasteiger partial charge in [-0.05, 0) is 57.0 Å². The molecule has 1 saturated heterocycles.